The van der Waals surface area contributed by atoms with Crippen LogP contribution < -0.4 is 19.4 Å². The van der Waals surface area contributed by atoms with Crippen molar-refractivity contribution in [3.8, 4) is 17.2 Å². The third-order valence-electron chi connectivity index (χ3n) is 20.0. The summed E-state index contributed by atoms with van der Waals surface area (Å²) in [6.45, 7) is 13.7. The van der Waals surface area contributed by atoms with E-state index in [1.807, 2.05) is 54.6 Å². The van der Waals surface area contributed by atoms with Gasteiger partial charge in [-0.1, -0.05) is 187 Å². The van der Waals surface area contributed by atoms with Crippen LogP contribution >= 0.6 is 0 Å². The third-order valence-corrected chi connectivity index (χ3v) is 20.0. The highest BCUT2D eigenvalue weighted by Gasteiger charge is 2.30. The van der Waals surface area contributed by atoms with E-state index in [-0.39, 0.29) is 10.8 Å². The van der Waals surface area contributed by atoms with Crippen LogP contribution in [0.5, 0.6) is 11.5 Å². The summed E-state index contributed by atoms with van der Waals surface area (Å²) in [4.78, 5) is 7.27. The number of aromatic nitrogens is 1. The fourth-order valence-electron chi connectivity index (χ4n) is 15.3. The Morgan fingerprint density at radius 1 is 0.267 bits per heavy atom. The van der Waals surface area contributed by atoms with Crippen LogP contribution in [-0.4, -0.2) is 4.57 Å². The Bertz CT molecular complexity index is 6470. The molecule has 0 saturated carbocycles. The Kier molecular flexibility index (Phi) is 13.5. The van der Waals surface area contributed by atoms with Gasteiger partial charge in [-0.15, -0.1) is 0 Å². The average molecular weight is 1310 g/mol. The summed E-state index contributed by atoms with van der Waals surface area (Å²) >= 11 is 0. The summed E-state index contributed by atoms with van der Waals surface area (Å²) in [5.41, 5.74) is 19.7. The van der Waals surface area contributed by atoms with E-state index in [0.717, 1.165) is 167 Å². The van der Waals surface area contributed by atoms with Gasteiger partial charge in [0.2, 0.25) is 0 Å². The maximum Gasteiger partial charge on any atom is 0.139 e. The molecule has 9 nitrogen and oxygen atoms in total. The quantitative estimate of drug-likeness (QED) is 0.120. The van der Waals surface area contributed by atoms with Gasteiger partial charge in [-0.05, 0) is 174 Å². The number of fused-ring (bicyclic) bond motifs is 15. The van der Waals surface area contributed by atoms with Crippen molar-refractivity contribution in [2.24, 2.45) is 0 Å². The van der Waals surface area contributed by atoms with Crippen molar-refractivity contribution in [2.75, 3.05) is 14.7 Å². The van der Waals surface area contributed by atoms with Gasteiger partial charge in [0.15, 0.2) is 0 Å². The van der Waals surface area contributed by atoms with Crippen molar-refractivity contribution in [1.82, 2.24) is 4.57 Å². The molecule has 0 bridgehead atoms. The number of nitrogens with zero attached hydrogens (tertiary/aromatic N) is 4. The van der Waals surface area contributed by atoms with Crippen LogP contribution in [0.15, 0.2) is 321 Å². The summed E-state index contributed by atoms with van der Waals surface area (Å²) < 4.78 is 36.4. The number of hydrogen-bond donors (Lipinski definition) is 0. The molecule has 0 amide bonds. The first kappa shape index (κ1) is 59.5. The largest absolute Gasteiger partial charge is 0.456 e. The average Bonchev–Trinajstić information content (AvgIpc) is 1.71. The second-order valence-electron chi connectivity index (χ2n) is 28.4. The van der Waals surface area contributed by atoms with Gasteiger partial charge < -0.3 is 41.7 Å². The first-order valence-electron chi connectivity index (χ1n) is 34.5. The van der Waals surface area contributed by atoms with Gasteiger partial charge in [0.1, 0.15) is 56.2 Å². The Labute approximate surface area is 583 Å². The molecule has 9 heteroatoms. The number of ether oxygens (including phenoxy) is 1. The van der Waals surface area contributed by atoms with Crippen LogP contribution in [0.2, 0.25) is 0 Å². The molecule has 101 heavy (non-hydrogen) atoms. The molecule has 5 heterocycles. The molecular formula is C92H68N4O5. The summed E-state index contributed by atoms with van der Waals surface area (Å²) in [5, 5.41) is 10.4. The lowest BCUT2D eigenvalue weighted by atomic mass is 9.86. The maximum atomic E-state index is 7.24. The Hall–Kier alpha value is -12.7. The number of hydrogen-bond acceptors (Lipinski definition) is 8. The first-order chi connectivity index (χ1) is 49.3. The normalized spacial score (nSPS) is 12.3. The van der Waals surface area contributed by atoms with Crippen molar-refractivity contribution >= 4 is 161 Å². The fourth-order valence-corrected chi connectivity index (χ4v) is 15.3. The summed E-state index contributed by atoms with van der Waals surface area (Å²) in [6, 6.07) is 108. The summed E-state index contributed by atoms with van der Waals surface area (Å²) in [6.07, 6.45) is 0. The lowest BCUT2D eigenvalue weighted by molar-refractivity contribution is 0.484. The van der Waals surface area contributed by atoms with E-state index >= 15 is 0 Å². The molecule has 0 aliphatic rings. The number of benzene rings is 14. The summed E-state index contributed by atoms with van der Waals surface area (Å²) in [5.74, 6) is 1.39. The van der Waals surface area contributed by atoms with Crippen molar-refractivity contribution in [1.29, 1.82) is 0 Å². The molecule has 0 aliphatic carbocycles. The predicted molar refractivity (Wildman–Crippen MR) is 418 cm³/mol. The van der Waals surface area contributed by atoms with Crippen LogP contribution in [-0.2, 0) is 10.8 Å². The number of anilines is 9. The highest BCUT2D eigenvalue weighted by Crippen LogP contribution is 2.52. The fraction of sp³-hybridized carbons (Fsp3) is 0.0870. The zero-order chi connectivity index (χ0) is 67.8. The minimum atomic E-state index is -0.353. The third kappa shape index (κ3) is 9.89. The molecule has 0 spiro atoms. The van der Waals surface area contributed by atoms with E-state index < -0.39 is 0 Å². The van der Waals surface area contributed by atoms with Gasteiger partial charge in [0.05, 0.1) is 55.3 Å². The molecule has 19 rings (SSSR count). The van der Waals surface area contributed by atoms with E-state index in [0.29, 0.717) is 11.5 Å². The Balaban J connectivity index is 0.867. The van der Waals surface area contributed by atoms with Gasteiger partial charge >= 0.3 is 0 Å². The molecule has 0 aliphatic heterocycles. The second kappa shape index (κ2) is 22.9. The van der Waals surface area contributed by atoms with Gasteiger partial charge in [0, 0.05) is 72.5 Å². The van der Waals surface area contributed by atoms with E-state index in [1.54, 1.807) is 0 Å². The van der Waals surface area contributed by atoms with E-state index in [4.69, 9.17) is 22.4 Å². The zero-order valence-electron chi connectivity index (χ0n) is 56.7. The molecule has 0 N–H and O–H groups in total. The Morgan fingerprint density at radius 2 is 0.594 bits per heavy atom. The molecule has 5 aromatic heterocycles. The predicted octanol–water partition coefficient (Wildman–Crippen LogP) is 27.2. The highest BCUT2D eigenvalue weighted by molar-refractivity contribution is 6.17. The van der Waals surface area contributed by atoms with Crippen molar-refractivity contribution in [3.05, 3.63) is 314 Å². The van der Waals surface area contributed by atoms with Crippen LogP contribution in [0.1, 0.15) is 52.7 Å². The number of rotatable bonds is 12. The molecule has 486 valence electrons. The second-order valence-corrected chi connectivity index (χ2v) is 28.4. The smallest absolute Gasteiger partial charge is 0.139 e. The maximum absolute atomic E-state index is 7.24. The molecule has 0 fully saturated rings. The van der Waals surface area contributed by atoms with Gasteiger partial charge in [-0.2, -0.15) is 0 Å². The standard InChI is InChI=1S/C92H68N4O5/c1-91(2,3)57-49-63(55-64(50-57)94(76-38-22-45-83-88(76)70-32-10-16-41-79(70)99-83)61-27-20-28-62(54-61)96-73-35-13-7-29-67(73)68-30-8-14-36-74(68)96)93(75-37-21-44-82-87(75)69-31-9-15-40-78(69)98-82)59-25-19-26-60(53-59)95(77-39-23-46-84-89(77)71-33-11-17-42-80(71)100-84)65-51-58(92(4,5)6)52-66(56-65)97-85-47-24-48-86-90(85)72-34-12-18-43-81(72)101-86/h7-56H,1-6H3. The van der Waals surface area contributed by atoms with Crippen molar-refractivity contribution < 1.29 is 22.4 Å². The number of furan rings is 4. The molecule has 0 saturated heterocycles. The monoisotopic (exact) mass is 1310 g/mol. The minimum absolute atomic E-state index is 0.306. The number of para-hydroxylation sites is 6. The molecule has 14 aromatic carbocycles. The summed E-state index contributed by atoms with van der Waals surface area (Å²) in [7, 11) is 0. The van der Waals surface area contributed by atoms with Crippen molar-refractivity contribution in [2.45, 2.75) is 52.4 Å². The lowest BCUT2D eigenvalue weighted by Crippen LogP contribution is -2.18. The van der Waals surface area contributed by atoms with Gasteiger partial charge in [0.25, 0.3) is 0 Å². The van der Waals surface area contributed by atoms with Crippen LogP contribution in [0.25, 0.3) is 115 Å². The topological polar surface area (TPSA) is 76.4 Å². The SMILES string of the molecule is CC(C)(C)c1cc(Oc2cccc3oc4ccccc4c23)cc(N(c2cccc(N(c3cc(N(c4cccc(-n5c6ccccc6c6ccccc65)c4)c4cccc5oc6ccccc6c45)cc(C(C)(C)C)c3)c3cccc4oc5ccccc5c34)c2)c2cccc3oc4ccccc4c23)c1. The molecular weight excluding hydrogens is 1240 g/mol. The van der Waals surface area contributed by atoms with Gasteiger partial charge in [-0.25, -0.2) is 0 Å². The molecule has 19 aromatic rings. The highest BCUT2D eigenvalue weighted by atomic mass is 16.5. The minimum Gasteiger partial charge on any atom is -0.456 e. The molecule has 0 radical (unpaired) electrons. The lowest BCUT2D eigenvalue weighted by Gasteiger charge is -2.33. The van der Waals surface area contributed by atoms with Crippen LogP contribution in [0, 0.1) is 0 Å². The first-order valence-corrected chi connectivity index (χ1v) is 34.5. The van der Waals surface area contributed by atoms with Crippen LogP contribution in [0.3, 0.4) is 0 Å². The molecule has 0 atom stereocenters. The van der Waals surface area contributed by atoms with Crippen LogP contribution in [0.4, 0.5) is 51.2 Å². The zero-order valence-corrected chi connectivity index (χ0v) is 56.7. The van der Waals surface area contributed by atoms with E-state index in [9.17, 15) is 0 Å². The molecule has 0 unspecified atom stereocenters. The Morgan fingerprint density at radius 3 is 1.04 bits per heavy atom. The van der Waals surface area contributed by atoms with Gasteiger partial charge in [-0.3, -0.25) is 0 Å². The van der Waals surface area contributed by atoms with E-state index in [2.05, 4.69) is 310 Å². The van der Waals surface area contributed by atoms with E-state index in [1.165, 1.54) is 10.8 Å². The van der Waals surface area contributed by atoms with Crippen molar-refractivity contribution in [3.63, 3.8) is 0 Å².